The van der Waals surface area contributed by atoms with Gasteiger partial charge in [0.1, 0.15) is 0 Å². The maximum atomic E-state index is 10.7. The lowest BCUT2D eigenvalue weighted by Gasteiger charge is -2.37. The third-order valence-corrected chi connectivity index (χ3v) is 0.945. The summed E-state index contributed by atoms with van der Waals surface area (Å²) in [7, 11) is -9.60. The molecule has 7 heteroatoms. The van der Waals surface area contributed by atoms with E-state index in [1.807, 2.05) is 0 Å². The largest absolute Gasteiger partial charge is 0.396 e. The standard InChI is InChI=1S/CH3F5OS/c1-7-8(2,3,4,5)6/h1H3. The van der Waals surface area contributed by atoms with Gasteiger partial charge in [-0.05, 0) is 0 Å². The van der Waals surface area contributed by atoms with Crippen molar-refractivity contribution in [2.45, 2.75) is 0 Å². The molecule has 0 aliphatic rings. The van der Waals surface area contributed by atoms with Crippen LogP contribution in [0.15, 0.2) is 0 Å². The molecule has 0 aliphatic heterocycles. The molecule has 0 radical (unpaired) electrons. The first kappa shape index (κ1) is 7.96. The quantitative estimate of drug-likeness (QED) is 0.533. The maximum Gasteiger partial charge on any atom is 0.396 e. The van der Waals surface area contributed by atoms with Crippen LogP contribution in [0, 0.1) is 0 Å². The zero-order valence-electron chi connectivity index (χ0n) is 3.71. The maximum absolute atomic E-state index is 10.7. The lowest BCUT2D eigenvalue weighted by molar-refractivity contribution is 0.191. The minimum absolute atomic E-state index is 0.0957. The molecular formula is CH3F5OS. The molecule has 0 fully saturated rings. The lowest BCUT2D eigenvalue weighted by Crippen LogP contribution is -2.06. The summed E-state index contributed by atoms with van der Waals surface area (Å²) in [5.74, 6) is 0. The van der Waals surface area contributed by atoms with Crippen LogP contribution in [0.1, 0.15) is 0 Å². The SMILES string of the molecule is COS(F)(F)(F)(F)F. The topological polar surface area (TPSA) is 9.23 Å². The molecule has 0 spiro atoms. The van der Waals surface area contributed by atoms with Crippen LogP contribution in [-0.4, -0.2) is 7.11 Å². The van der Waals surface area contributed by atoms with E-state index in [-0.39, 0.29) is 7.11 Å². The van der Waals surface area contributed by atoms with Gasteiger partial charge in [0.25, 0.3) is 0 Å². The average molecular weight is 158 g/mol. The van der Waals surface area contributed by atoms with Gasteiger partial charge in [0.2, 0.25) is 0 Å². The molecular weight excluding hydrogens is 155 g/mol. The molecule has 0 rings (SSSR count). The van der Waals surface area contributed by atoms with Crippen LogP contribution in [0.3, 0.4) is 0 Å². The highest BCUT2D eigenvalue weighted by atomic mass is 32.5. The highest BCUT2D eigenvalue weighted by Gasteiger charge is 2.64. The molecule has 0 bridgehead atoms. The van der Waals surface area contributed by atoms with Crippen molar-refractivity contribution < 1.29 is 23.6 Å². The summed E-state index contributed by atoms with van der Waals surface area (Å²) < 4.78 is 55.7. The molecule has 0 aromatic carbocycles. The molecule has 8 heavy (non-hydrogen) atoms. The van der Waals surface area contributed by atoms with Gasteiger partial charge in [-0.1, -0.05) is 19.4 Å². The minimum Gasteiger partial charge on any atom is -0.243 e. The van der Waals surface area contributed by atoms with Crippen molar-refractivity contribution in [2.75, 3.05) is 7.11 Å². The Morgan fingerprint density at radius 2 is 1.12 bits per heavy atom. The third-order valence-electron chi connectivity index (χ3n) is 0.315. The smallest absolute Gasteiger partial charge is 0.243 e. The van der Waals surface area contributed by atoms with E-state index in [2.05, 4.69) is 4.18 Å². The summed E-state index contributed by atoms with van der Waals surface area (Å²) in [4.78, 5) is 0. The molecule has 0 aromatic heterocycles. The minimum atomic E-state index is -9.50. The first-order valence-corrected chi connectivity index (χ1v) is 3.22. The molecule has 0 atom stereocenters. The van der Waals surface area contributed by atoms with Crippen LogP contribution in [0.25, 0.3) is 0 Å². The Hall–Kier alpha value is -0.0400. The van der Waals surface area contributed by atoms with Gasteiger partial charge in [-0.2, -0.15) is 0 Å². The van der Waals surface area contributed by atoms with Gasteiger partial charge < -0.3 is 0 Å². The van der Waals surface area contributed by atoms with Gasteiger partial charge in [-0.3, -0.25) is 0 Å². The van der Waals surface area contributed by atoms with E-state index in [1.165, 1.54) is 0 Å². The summed E-state index contributed by atoms with van der Waals surface area (Å²) in [6.45, 7) is 0. The van der Waals surface area contributed by atoms with E-state index in [9.17, 15) is 19.4 Å². The Morgan fingerprint density at radius 1 is 1.00 bits per heavy atom. The molecule has 0 aromatic rings. The van der Waals surface area contributed by atoms with E-state index >= 15 is 0 Å². The summed E-state index contributed by atoms with van der Waals surface area (Å²) in [6, 6.07) is 0. The van der Waals surface area contributed by atoms with Crippen LogP contribution in [0.4, 0.5) is 19.4 Å². The summed E-state index contributed by atoms with van der Waals surface area (Å²) in [5, 5.41) is 0. The predicted molar refractivity (Wildman–Crippen MR) is 20.1 cm³/mol. The fraction of sp³-hybridized carbons (Fsp3) is 1.00. The number of hydrogen-bond donors (Lipinski definition) is 0. The fourth-order valence-electron chi connectivity index (χ4n) is 0. The monoisotopic (exact) mass is 158 g/mol. The molecule has 1 nitrogen and oxygen atoms in total. The van der Waals surface area contributed by atoms with Crippen LogP contribution in [-0.2, 0) is 4.18 Å². The van der Waals surface area contributed by atoms with Gasteiger partial charge >= 0.3 is 10.5 Å². The second-order valence-corrected chi connectivity index (χ2v) is 3.19. The second-order valence-electron chi connectivity index (χ2n) is 1.06. The first-order valence-electron chi connectivity index (χ1n) is 1.35. The van der Waals surface area contributed by atoms with E-state index in [4.69, 9.17) is 0 Å². The summed E-state index contributed by atoms with van der Waals surface area (Å²) >= 11 is 0. The molecule has 0 heterocycles. The van der Waals surface area contributed by atoms with Gasteiger partial charge in [0.05, 0.1) is 7.11 Å². The highest BCUT2D eigenvalue weighted by molar-refractivity contribution is 8.42. The molecule has 0 N–H and O–H groups in total. The third kappa shape index (κ3) is 5.96. The number of hydrogen-bond acceptors (Lipinski definition) is 1. The highest BCUT2D eigenvalue weighted by Crippen LogP contribution is 2.98. The van der Waals surface area contributed by atoms with Crippen molar-refractivity contribution in [1.82, 2.24) is 0 Å². The normalized spacial score (nSPS) is 21.8. The van der Waals surface area contributed by atoms with E-state index < -0.39 is 10.5 Å². The molecule has 54 valence electrons. The van der Waals surface area contributed by atoms with Gasteiger partial charge in [-0.25, -0.2) is 4.18 Å². The molecule has 0 saturated heterocycles. The van der Waals surface area contributed by atoms with Gasteiger partial charge in [0.15, 0.2) is 0 Å². The van der Waals surface area contributed by atoms with Gasteiger partial charge in [-0.15, -0.1) is 0 Å². The summed E-state index contributed by atoms with van der Waals surface area (Å²) in [6.07, 6.45) is 0. The Labute approximate surface area is 42.4 Å². The second kappa shape index (κ2) is 0.971. The zero-order valence-corrected chi connectivity index (χ0v) is 4.52. The first-order chi connectivity index (χ1) is 3.04. The molecule has 0 amide bonds. The number of halogens is 5. The summed E-state index contributed by atoms with van der Waals surface area (Å²) in [5.41, 5.74) is 0. The van der Waals surface area contributed by atoms with Gasteiger partial charge in [0, 0.05) is 0 Å². The van der Waals surface area contributed by atoms with Crippen molar-refractivity contribution in [3.05, 3.63) is 0 Å². The molecule has 0 aliphatic carbocycles. The van der Waals surface area contributed by atoms with E-state index in [0.29, 0.717) is 0 Å². The Bertz CT molecular complexity index is 95.6. The Kier molecular flexibility index (Phi) is 0.966. The lowest BCUT2D eigenvalue weighted by atomic mass is 11.8. The van der Waals surface area contributed by atoms with Crippen molar-refractivity contribution in [1.29, 1.82) is 0 Å². The van der Waals surface area contributed by atoms with E-state index in [0.717, 1.165) is 0 Å². The molecule has 0 unspecified atom stereocenters. The molecule has 0 saturated carbocycles. The van der Waals surface area contributed by atoms with Crippen LogP contribution in [0.5, 0.6) is 0 Å². The fourth-order valence-corrected chi connectivity index (χ4v) is 0. The van der Waals surface area contributed by atoms with Crippen molar-refractivity contribution in [2.24, 2.45) is 0 Å². The Balaban J connectivity index is 4.50. The zero-order chi connectivity index (χ0) is 7.12. The van der Waals surface area contributed by atoms with Crippen molar-refractivity contribution in [3.63, 3.8) is 0 Å². The van der Waals surface area contributed by atoms with Crippen LogP contribution >= 0.6 is 10.5 Å². The van der Waals surface area contributed by atoms with Crippen LogP contribution in [0.2, 0.25) is 0 Å². The average Bonchev–Trinajstić information content (AvgIpc) is 1.30. The Morgan fingerprint density at radius 3 is 1.12 bits per heavy atom. The van der Waals surface area contributed by atoms with E-state index in [1.54, 1.807) is 0 Å². The van der Waals surface area contributed by atoms with Crippen LogP contribution < -0.4 is 0 Å². The van der Waals surface area contributed by atoms with Crippen molar-refractivity contribution >= 4 is 10.5 Å². The predicted octanol–water partition coefficient (Wildman–Crippen LogP) is 2.85. The number of rotatable bonds is 1. The van der Waals surface area contributed by atoms with Crippen molar-refractivity contribution in [3.8, 4) is 0 Å².